The molecule has 8 nitrogen and oxygen atoms in total. The number of sulfonamides is 1. The number of halogens is 4. The number of pyridine rings is 2. The van der Waals surface area contributed by atoms with Gasteiger partial charge in [-0.05, 0) is 12.1 Å². The van der Waals surface area contributed by atoms with Gasteiger partial charge in [0.2, 0.25) is 5.88 Å². The normalized spacial score (nSPS) is 11.7. The fourth-order valence-corrected chi connectivity index (χ4v) is 4.23. The Bertz CT molecular complexity index is 1320. The smallest absolute Gasteiger partial charge is 0.272 e. The van der Waals surface area contributed by atoms with Gasteiger partial charge in [-0.1, -0.05) is 17.7 Å². The Morgan fingerprint density at radius 1 is 1.23 bits per heavy atom. The maximum absolute atomic E-state index is 14.2. The number of methoxy groups -OCH3 is 1. The van der Waals surface area contributed by atoms with Gasteiger partial charge in [-0.15, -0.1) is 0 Å². The van der Waals surface area contributed by atoms with E-state index in [-0.39, 0.29) is 20.7 Å². The van der Waals surface area contributed by atoms with Crippen LogP contribution in [-0.2, 0) is 17.1 Å². The number of anilines is 1. The molecule has 3 aromatic rings. The van der Waals surface area contributed by atoms with Crippen LogP contribution >= 0.6 is 11.6 Å². The number of benzene rings is 1. The minimum Gasteiger partial charge on any atom is -0.479 e. The van der Waals surface area contributed by atoms with Crippen LogP contribution in [0.4, 0.5) is 18.9 Å². The SMILES string of the molecule is COc1nc(OCC(F)F)c(F)cc1NS(=O)(=O)c1cn(C)c(=O)c2cc(Cl)ccc12. The van der Waals surface area contributed by atoms with Gasteiger partial charge < -0.3 is 14.0 Å². The topological polar surface area (TPSA) is 99.5 Å². The van der Waals surface area contributed by atoms with Gasteiger partial charge in [0.1, 0.15) is 10.6 Å². The van der Waals surface area contributed by atoms with E-state index >= 15 is 0 Å². The van der Waals surface area contributed by atoms with E-state index in [9.17, 15) is 26.4 Å². The molecule has 0 unspecified atom stereocenters. The Labute approximate surface area is 179 Å². The summed E-state index contributed by atoms with van der Waals surface area (Å²) in [5.74, 6) is -2.37. The third-order valence-corrected chi connectivity index (χ3v) is 5.72. The predicted molar refractivity (Wildman–Crippen MR) is 107 cm³/mol. The molecule has 0 atom stereocenters. The van der Waals surface area contributed by atoms with Gasteiger partial charge in [0, 0.05) is 29.7 Å². The molecule has 0 fully saturated rings. The summed E-state index contributed by atoms with van der Waals surface area (Å²) < 4.78 is 77.6. The zero-order valence-electron chi connectivity index (χ0n) is 16.0. The van der Waals surface area contributed by atoms with E-state index in [2.05, 4.69) is 14.4 Å². The van der Waals surface area contributed by atoms with Crippen molar-refractivity contribution in [3.8, 4) is 11.8 Å². The van der Waals surface area contributed by atoms with Gasteiger partial charge in [0.15, 0.2) is 12.4 Å². The molecule has 2 aromatic heterocycles. The Hall–Kier alpha value is -2.99. The Morgan fingerprint density at radius 3 is 2.58 bits per heavy atom. The molecule has 0 saturated carbocycles. The minimum atomic E-state index is -4.38. The molecule has 2 heterocycles. The van der Waals surface area contributed by atoms with Crippen LogP contribution in [-0.4, -0.2) is 38.1 Å². The van der Waals surface area contributed by atoms with Gasteiger partial charge >= 0.3 is 0 Å². The lowest BCUT2D eigenvalue weighted by atomic mass is 10.2. The average molecular weight is 478 g/mol. The molecule has 0 radical (unpaired) electrons. The van der Waals surface area contributed by atoms with E-state index in [4.69, 9.17) is 16.3 Å². The van der Waals surface area contributed by atoms with Gasteiger partial charge in [0.05, 0.1) is 12.5 Å². The lowest BCUT2D eigenvalue weighted by Gasteiger charge is -2.15. The average Bonchev–Trinajstić information content (AvgIpc) is 2.69. The molecule has 3 rings (SSSR count). The fraction of sp³-hybridized carbons (Fsp3) is 0.222. The van der Waals surface area contributed by atoms with Crippen molar-refractivity contribution in [3.05, 3.63) is 51.7 Å². The first-order chi connectivity index (χ1) is 14.5. The van der Waals surface area contributed by atoms with Crippen molar-refractivity contribution >= 4 is 38.1 Å². The summed E-state index contributed by atoms with van der Waals surface area (Å²) in [5, 5.41) is 0.383. The van der Waals surface area contributed by atoms with Gasteiger partial charge in [-0.3, -0.25) is 9.52 Å². The van der Waals surface area contributed by atoms with Crippen LogP contribution in [0.25, 0.3) is 10.8 Å². The molecule has 0 spiro atoms. The highest BCUT2D eigenvalue weighted by Gasteiger charge is 2.24. The van der Waals surface area contributed by atoms with Crippen molar-refractivity contribution in [2.75, 3.05) is 18.4 Å². The first-order valence-electron chi connectivity index (χ1n) is 8.50. The summed E-state index contributed by atoms with van der Waals surface area (Å²) in [6.45, 7) is -1.11. The highest BCUT2D eigenvalue weighted by Crippen LogP contribution is 2.31. The summed E-state index contributed by atoms with van der Waals surface area (Å²) in [4.78, 5) is 15.7. The van der Waals surface area contributed by atoms with Crippen LogP contribution in [0.3, 0.4) is 0 Å². The predicted octanol–water partition coefficient (Wildman–Crippen LogP) is 3.18. The molecule has 0 aliphatic heterocycles. The van der Waals surface area contributed by atoms with Crippen molar-refractivity contribution in [2.24, 2.45) is 7.05 Å². The Morgan fingerprint density at radius 2 is 1.94 bits per heavy atom. The summed E-state index contributed by atoms with van der Waals surface area (Å²) >= 11 is 5.92. The molecule has 0 saturated heterocycles. The molecule has 13 heteroatoms. The monoisotopic (exact) mass is 477 g/mol. The summed E-state index contributed by atoms with van der Waals surface area (Å²) in [6.07, 6.45) is -1.77. The van der Waals surface area contributed by atoms with Crippen molar-refractivity contribution < 1.29 is 31.1 Å². The molecule has 0 amide bonds. The maximum Gasteiger partial charge on any atom is 0.272 e. The number of aromatic nitrogens is 2. The molecular weight excluding hydrogens is 463 g/mol. The largest absolute Gasteiger partial charge is 0.479 e. The van der Waals surface area contributed by atoms with E-state index in [1.165, 1.54) is 25.2 Å². The van der Waals surface area contributed by atoms with E-state index in [0.29, 0.717) is 6.07 Å². The second-order valence-corrected chi connectivity index (χ2v) is 8.33. The van der Waals surface area contributed by atoms with Crippen molar-refractivity contribution in [3.63, 3.8) is 0 Å². The summed E-state index contributed by atoms with van der Waals surface area (Å²) in [6, 6.07) is 4.80. The number of nitrogens with zero attached hydrogens (tertiary/aromatic N) is 2. The molecule has 1 N–H and O–H groups in total. The first kappa shape index (κ1) is 22.7. The van der Waals surface area contributed by atoms with Crippen LogP contribution in [0.2, 0.25) is 5.02 Å². The number of hydrogen-bond acceptors (Lipinski definition) is 6. The highest BCUT2D eigenvalue weighted by molar-refractivity contribution is 7.93. The standard InChI is InChI=1S/C18H15ClF3N3O5S/c1-25-7-14(10-4-3-9(19)5-11(10)18(25)26)31(27,28)24-13-6-12(20)16(23-17(13)29-2)30-8-15(21)22/h3-7,15,24H,8H2,1-2H3. The van der Waals surface area contributed by atoms with Crippen molar-refractivity contribution in [2.45, 2.75) is 11.3 Å². The zero-order chi connectivity index (χ0) is 22.9. The molecule has 31 heavy (non-hydrogen) atoms. The molecule has 0 aliphatic carbocycles. The fourth-order valence-electron chi connectivity index (χ4n) is 2.74. The van der Waals surface area contributed by atoms with Gasteiger partial charge in [-0.25, -0.2) is 21.6 Å². The number of hydrogen-bond donors (Lipinski definition) is 1. The highest BCUT2D eigenvalue weighted by atomic mass is 35.5. The number of nitrogens with one attached hydrogen (secondary N) is 1. The van der Waals surface area contributed by atoms with Gasteiger partial charge in [0.25, 0.3) is 27.9 Å². The second kappa shape index (κ2) is 8.63. The molecule has 0 bridgehead atoms. The van der Waals surface area contributed by atoms with Gasteiger partial charge in [-0.2, -0.15) is 4.98 Å². The number of fused-ring (bicyclic) bond motifs is 1. The molecular formula is C18H15ClF3N3O5S. The molecule has 1 aromatic carbocycles. The molecule has 0 aliphatic rings. The van der Waals surface area contributed by atoms with Crippen LogP contribution in [0.15, 0.2) is 40.2 Å². The lowest BCUT2D eigenvalue weighted by Crippen LogP contribution is -2.22. The Kier molecular flexibility index (Phi) is 6.32. The van der Waals surface area contributed by atoms with Crippen LogP contribution < -0.4 is 19.8 Å². The summed E-state index contributed by atoms with van der Waals surface area (Å²) in [7, 11) is -1.90. The van der Waals surface area contributed by atoms with E-state index in [1.54, 1.807) is 0 Å². The quantitative estimate of drug-likeness (QED) is 0.561. The number of rotatable bonds is 7. The van der Waals surface area contributed by atoms with E-state index in [1.807, 2.05) is 0 Å². The zero-order valence-corrected chi connectivity index (χ0v) is 17.6. The maximum atomic E-state index is 14.2. The Balaban J connectivity index is 2.08. The van der Waals surface area contributed by atoms with E-state index < -0.39 is 51.9 Å². The number of ether oxygens (including phenoxy) is 2. The second-order valence-electron chi connectivity index (χ2n) is 6.24. The molecule has 166 valence electrons. The lowest BCUT2D eigenvalue weighted by molar-refractivity contribution is 0.0770. The first-order valence-corrected chi connectivity index (χ1v) is 10.4. The van der Waals surface area contributed by atoms with Crippen LogP contribution in [0.1, 0.15) is 0 Å². The van der Waals surface area contributed by atoms with E-state index in [0.717, 1.165) is 17.9 Å². The minimum absolute atomic E-state index is 0.0601. The van der Waals surface area contributed by atoms with Crippen LogP contribution in [0.5, 0.6) is 11.8 Å². The van der Waals surface area contributed by atoms with Crippen molar-refractivity contribution in [1.82, 2.24) is 9.55 Å². The van der Waals surface area contributed by atoms with Crippen LogP contribution in [0, 0.1) is 5.82 Å². The third-order valence-electron chi connectivity index (χ3n) is 4.09. The van der Waals surface area contributed by atoms with Crippen molar-refractivity contribution in [1.29, 1.82) is 0 Å². The number of aryl methyl sites for hydroxylation is 1. The number of alkyl halides is 2. The third kappa shape index (κ3) is 4.69. The summed E-state index contributed by atoms with van der Waals surface area (Å²) in [5.41, 5.74) is -0.873.